The molecule has 98 valence electrons. The maximum atomic E-state index is 13.0. The minimum Gasteiger partial charge on any atom is -0.325 e. The lowest BCUT2D eigenvalue weighted by Crippen LogP contribution is -2.37. The summed E-state index contributed by atoms with van der Waals surface area (Å²) in [7, 11) is 0. The fraction of sp³-hybridized carbons (Fsp3) is 0.417. The summed E-state index contributed by atoms with van der Waals surface area (Å²) in [6.07, 6.45) is 4.34. The second-order valence-corrected chi connectivity index (χ2v) is 4.34. The molecular weight excluding hydrogens is 238 g/mol. The topological polar surface area (TPSA) is 62.4 Å². The number of nitrogens with two attached hydrogens (primary N) is 1. The van der Waals surface area contributed by atoms with Gasteiger partial charge in [0, 0.05) is 11.8 Å². The molecule has 0 aromatic heterocycles. The highest BCUT2D eigenvalue weighted by atomic mass is 19.1. The van der Waals surface area contributed by atoms with Crippen molar-refractivity contribution in [3.63, 3.8) is 0 Å². The molecule has 4 N–H and O–H groups in total. The predicted octanol–water partition coefficient (Wildman–Crippen LogP) is 2.14. The maximum absolute atomic E-state index is 13.0. The van der Waals surface area contributed by atoms with Gasteiger partial charge in [0.15, 0.2) is 0 Å². The number of guanidine groups is 1. The Morgan fingerprint density at radius 2 is 1.78 bits per heavy atom. The van der Waals surface area contributed by atoms with E-state index in [-0.39, 0.29) is 11.7 Å². The molecule has 1 aromatic carbocycles. The minimum atomic E-state index is -0.644. The Labute approximate surface area is 104 Å². The van der Waals surface area contributed by atoms with Crippen LogP contribution in [0.3, 0.4) is 0 Å². The number of hydrazine groups is 1. The number of benzene rings is 1. The summed E-state index contributed by atoms with van der Waals surface area (Å²) in [6.45, 7) is 0. The van der Waals surface area contributed by atoms with Crippen LogP contribution in [0.25, 0.3) is 0 Å². The lowest BCUT2D eigenvalue weighted by Gasteiger charge is -2.11. The monoisotopic (exact) mass is 254 g/mol. The summed E-state index contributed by atoms with van der Waals surface area (Å²) >= 11 is 0. The van der Waals surface area contributed by atoms with Crippen molar-refractivity contribution >= 4 is 11.6 Å². The lowest BCUT2D eigenvalue weighted by atomic mass is 10.3. The average molecular weight is 254 g/mol. The van der Waals surface area contributed by atoms with E-state index in [1.54, 1.807) is 0 Å². The standard InChI is InChI=1S/C12H16F2N4/c13-8-5-9(14)7-11(6-8)17-12(18-15)16-10-3-1-2-4-10/h5-7,10H,1-4,15H2,(H2,16,17,18). The number of rotatable bonds is 2. The Hall–Kier alpha value is -1.69. The summed E-state index contributed by atoms with van der Waals surface area (Å²) in [5, 5.41) is 2.77. The first-order valence-electron chi connectivity index (χ1n) is 5.95. The number of anilines is 1. The highest BCUT2D eigenvalue weighted by Crippen LogP contribution is 2.21. The van der Waals surface area contributed by atoms with Crippen molar-refractivity contribution in [3.05, 3.63) is 29.8 Å². The second kappa shape index (κ2) is 5.77. The van der Waals surface area contributed by atoms with Crippen LogP contribution in [0.15, 0.2) is 23.2 Å². The zero-order valence-corrected chi connectivity index (χ0v) is 9.92. The molecule has 0 unspecified atom stereocenters. The second-order valence-electron chi connectivity index (χ2n) is 4.34. The third kappa shape index (κ3) is 3.40. The van der Waals surface area contributed by atoms with Gasteiger partial charge in [-0.15, -0.1) is 0 Å². The molecule has 1 aliphatic carbocycles. The molecule has 1 saturated carbocycles. The highest BCUT2D eigenvalue weighted by molar-refractivity contribution is 5.93. The van der Waals surface area contributed by atoms with Gasteiger partial charge in [-0.3, -0.25) is 5.43 Å². The number of halogens is 2. The van der Waals surface area contributed by atoms with E-state index in [0.717, 1.165) is 31.7 Å². The molecular formula is C12H16F2N4. The van der Waals surface area contributed by atoms with Crippen molar-refractivity contribution in [2.24, 2.45) is 10.8 Å². The summed E-state index contributed by atoms with van der Waals surface area (Å²) in [4.78, 5) is 4.37. The van der Waals surface area contributed by atoms with Gasteiger partial charge in [0.25, 0.3) is 0 Å². The number of hydrogen-bond donors (Lipinski definition) is 3. The number of nitrogens with zero attached hydrogens (tertiary/aromatic N) is 1. The van der Waals surface area contributed by atoms with Crippen LogP contribution in [0, 0.1) is 11.6 Å². The van der Waals surface area contributed by atoms with E-state index in [1.165, 1.54) is 12.1 Å². The molecule has 0 saturated heterocycles. The zero-order chi connectivity index (χ0) is 13.0. The van der Waals surface area contributed by atoms with Gasteiger partial charge in [0.1, 0.15) is 11.6 Å². The summed E-state index contributed by atoms with van der Waals surface area (Å²) in [5.41, 5.74) is 2.69. The van der Waals surface area contributed by atoms with Gasteiger partial charge in [0.05, 0.1) is 6.04 Å². The quantitative estimate of drug-likeness (QED) is 0.328. The fourth-order valence-corrected chi connectivity index (χ4v) is 2.08. The first-order valence-corrected chi connectivity index (χ1v) is 5.95. The Kier molecular flexibility index (Phi) is 4.09. The molecule has 0 radical (unpaired) electrons. The van der Waals surface area contributed by atoms with Crippen LogP contribution in [0.4, 0.5) is 14.5 Å². The molecule has 0 spiro atoms. The van der Waals surface area contributed by atoms with Gasteiger partial charge >= 0.3 is 0 Å². The Morgan fingerprint density at radius 3 is 2.33 bits per heavy atom. The van der Waals surface area contributed by atoms with Crippen molar-refractivity contribution in [1.82, 2.24) is 5.43 Å². The van der Waals surface area contributed by atoms with E-state index in [4.69, 9.17) is 5.84 Å². The molecule has 0 bridgehead atoms. The molecule has 0 atom stereocenters. The number of aliphatic imine (C=N–C) groups is 1. The first-order chi connectivity index (χ1) is 8.67. The average Bonchev–Trinajstić information content (AvgIpc) is 2.79. The van der Waals surface area contributed by atoms with Crippen LogP contribution < -0.4 is 16.6 Å². The van der Waals surface area contributed by atoms with Crippen LogP contribution in [-0.2, 0) is 0 Å². The molecule has 1 aromatic rings. The molecule has 0 amide bonds. The molecule has 2 rings (SSSR count). The summed E-state index contributed by atoms with van der Waals surface area (Å²) < 4.78 is 26.0. The minimum absolute atomic E-state index is 0.224. The Morgan fingerprint density at radius 1 is 1.17 bits per heavy atom. The predicted molar refractivity (Wildman–Crippen MR) is 67.0 cm³/mol. The van der Waals surface area contributed by atoms with Gasteiger partial charge in [-0.25, -0.2) is 19.6 Å². The SMILES string of the molecule is NNC(=NC1CCCC1)Nc1cc(F)cc(F)c1. The van der Waals surface area contributed by atoms with Gasteiger partial charge in [-0.2, -0.15) is 0 Å². The van der Waals surface area contributed by atoms with Crippen molar-refractivity contribution < 1.29 is 8.78 Å². The fourth-order valence-electron chi connectivity index (χ4n) is 2.08. The zero-order valence-electron chi connectivity index (χ0n) is 9.92. The van der Waals surface area contributed by atoms with Gasteiger partial charge in [0.2, 0.25) is 5.96 Å². The highest BCUT2D eigenvalue weighted by Gasteiger charge is 2.14. The molecule has 1 aliphatic rings. The first kappa shape index (κ1) is 12.8. The molecule has 0 aliphatic heterocycles. The van der Waals surface area contributed by atoms with E-state index < -0.39 is 11.6 Å². The molecule has 6 heteroatoms. The third-order valence-electron chi connectivity index (χ3n) is 2.90. The van der Waals surface area contributed by atoms with Crippen molar-refractivity contribution in [1.29, 1.82) is 0 Å². The smallest absolute Gasteiger partial charge is 0.210 e. The third-order valence-corrected chi connectivity index (χ3v) is 2.90. The number of nitrogens with one attached hydrogen (secondary N) is 2. The van der Waals surface area contributed by atoms with Crippen LogP contribution in [0.5, 0.6) is 0 Å². The largest absolute Gasteiger partial charge is 0.325 e. The van der Waals surface area contributed by atoms with E-state index >= 15 is 0 Å². The van der Waals surface area contributed by atoms with Crippen LogP contribution in [-0.4, -0.2) is 12.0 Å². The van der Waals surface area contributed by atoms with Gasteiger partial charge in [-0.1, -0.05) is 12.8 Å². The van der Waals surface area contributed by atoms with Crippen molar-refractivity contribution in [2.45, 2.75) is 31.7 Å². The lowest BCUT2D eigenvalue weighted by molar-refractivity contribution is 0.584. The van der Waals surface area contributed by atoms with Gasteiger partial charge < -0.3 is 5.32 Å². The molecule has 4 nitrogen and oxygen atoms in total. The number of hydrogen-bond acceptors (Lipinski definition) is 2. The molecule has 18 heavy (non-hydrogen) atoms. The van der Waals surface area contributed by atoms with Gasteiger partial charge in [-0.05, 0) is 25.0 Å². The normalized spacial score (nSPS) is 16.9. The van der Waals surface area contributed by atoms with E-state index in [2.05, 4.69) is 15.7 Å². The van der Waals surface area contributed by atoms with E-state index in [9.17, 15) is 8.78 Å². The van der Waals surface area contributed by atoms with Crippen LogP contribution >= 0.6 is 0 Å². The summed E-state index contributed by atoms with van der Waals surface area (Å²) in [5.74, 6) is 4.38. The van der Waals surface area contributed by atoms with Crippen molar-refractivity contribution in [3.8, 4) is 0 Å². The molecule has 0 heterocycles. The Bertz CT molecular complexity index is 421. The van der Waals surface area contributed by atoms with Crippen molar-refractivity contribution in [2.75, 3.05) is 5.32 Å². The van der Waals surface area contributed by atoms with E-state index in [0.29, 0.717) is 5.96 Å². The molecule has 1 fully saturated rings. The summed E-state index contributed by atoms with van der Waals surface area (Å²) in [6, 6.07) is 3.41. The van der Waals surface area contributed by atoms with Crippen LogP contribution in [0.1, 0.15) is 25.7 Å². The Balaban J connectivity index is 2.09. The van der Waals surface area contributed by atoms with Crippen LogP contribution in [0.2, 0.25) is 0 Å². The maximum Gasteiger partial charge on any atom is 0.210 e. The van der Waals surface area contributed by atoms with E-state index in [1.807, 2.05) is 0 Å².